The quantitative estimate of drug-likeness (QED) is 0.722. The number of fused-ring (bicyclic) bond motifs is 1. The van der Waals surface area contributed by atoms with Crippen LogP contribution in [-0.2, 0) is 14.2 Å². The minimum Gasteiger partial charge on any atom is -0.394 e. The van der Waals surface area contributed by atoms with E-state index in [-0.39, 0.29) is 31.0 Å². The van der Waals surface area contributed by atoms with E-state index in [1.807, 2.05) is 13.8 Å². The molecule has 0 saturated carbocycles. The molecule has 4 atom stereocenters. The monoisotopic (exact) mass is 202 g/mol. The number of hydrogen-bond acceptors (Lipinski definition) is 4. The highest BCUT2D eigenvalue weighted by Gasteiger charge is 2.53. The lowest BCUT2D eigenvalue weighted by atomic mass is 9.96. The van der Waals surface area contributed by atoms with Gasteiger partial charge in [0.2, 0.25) is 0 Å². The summed E-state index contributed by atoms with van der Waals surface area (Å²) in [7, 11) is 0. The van der Waals surface area contributed by atoms with Gasteiger partial charge in [-0.25, -0.2) is 0 Å². The maximum Gasteiger partial charge on any atom is 0.187 e. The van der Waals surface area contributed by atoms with Crippen molar-refractivity contribution in [2.45, 2.75) is 51.5 Å². The molecule has 2 aliphatic rings. The van der Waals surface area contributed by atoms with E-state index in [0.717, 1.165) is 6.42 Å². The molecule has 2 rings (SSSR count). The van der Waals surface area contributed by atoms with Crippen LogP contribution in [0.25, 0.3) is 0 Å². The highest BCUT2D eigenvalue weighted by Crippen LogP contribution is 2.41. The van der Waals surface area contributed by atoms with Gasteiger partial charge in [-0.3, -0.25) is 0 Å². The molecule has 82 valence electrons. The number of hydrogen-bond donors (Lipinski definition) is 1. The summed E-state index contributed by atoms with van der Waals surface area (Å²) < 4.78 is 16.9. The summed E-state index contributed by atoms with van der Waals surface area (Å²) in [5.41, 5.74) is 0. The smallest absolute Gasteiger partial charge is 0.187 e. The van der Waals surface area contributed by atoms with Crippen molar-refractivity contribution < 1.29 is 19.3 Å². The Balaban J connectivity index is 2.09. The Morgan fingerprint density at radius 1 is 1.29 bits per heavy atom. The fourth-order valence-electron chi connectivity index (χ4n) is 2.31. The highest BCUT2D eigenvalue weighted by molar-refractivity contribution is 4.91. The molecule has 0 aliphatic carbocycles. The van der Waals surface area contributed by atoms with Crippen LogP contribution in [0.5, 0.6) is 0 Å². The average molecular weight is 202 g/mol. The second kappa shape index (κ2) is 3.45. The molecule has 4 heteroatoms. The van der Waals surface area contributed by atoms with Gasteiger partial charge in [0.15, 0.2) is 12.1 Å². The molecular formula is C10H18O4. The van der Waals surface area contributed by atoms with E-state index < -0.39 is 5.79 Å². The van der Waals surface area contributed by atoms with Gasteiger partial charge < -0.3 is 19.3 Å². The zero-order valence-electron chi connectivity index (χ0n) is 8.90. The lowest BCUT2D eigenvalue weighted by Crippen LogP contribution is -2.31. The van der Waals surface area contributed by atoms with Gasteiger partial charge >= 0.3 is 0 Å². The van der Waals surface area contributed by atoms with Crippen molar-refractivity contribution in [1.29, 1.82) is 0 Å². The Kier molecular flexibility index (Phi) is 2.55. The van der Waals surface area contributed by atoms with Crippen LogP contribution in [0.4, 0.5) is 0 Å². The largest absolute Gasteiger partial charge is 0.394 e. The summed E-state index contributed by atoms with van der Waals surface area (Å²) in [5, 5.41) is 9.12. The Morgan fingerprint density at radius 2 is 2.00 bits per heavy atom. The Morgan fingerprint density at radius 3 is 2.57 bits per heavy atom. The summed E-state index contributed by atoms with van der Waals surface area (Å²) in [6, 6.07) is 0. The van der Waals surface area contributed by atoms with Gasteiger partial charge in [0.05, 0.1) is 12.7 Å². The zero-order chi connectivity index (χ0) is 10.3. The molecule has 0 amide bonds. The van der Waals surface area contributed by atoms with Crippen LogP contribution in [0.15, 0.2) is 0 Å². The van der Waals surface area contributed by atoms with E-state index in [1.54, 1.807) is 0 Å². The van der Waals surface area contributed by atoms with Crippen molar-refractivity contribution in [3.05, 3.63) is 0 Å². The average Bonchev–Trinajstić information content (AvgIpc) is 2.55. The molecular weight excluding hydrogens is 184 g/mol. The maximum atomic E-state index is 9.12. The van der Waals surface area contributed by atoms with Crippen LogP contribution in [0, 0.1) is 5.92 Å². The molecule has 2 fully saturated rings. The Bertz CT molecular complexity index is 216. The van der Waals surface area contributed by atoms with Crippen LogP contribution in [0.1, 0.15) is 27.2 Å². The fourth-order valence-corrected chi connectivity index (χ4v) is 2.31. The molecule has 14 heavy (non-hydrogen) atoms. The number of aliphatic hydroxyl groups is 1. The van der Waals surface area contributed by atoms with Crippen molar-refractivity contribution in [2.24, 2.45) is 5.92 Å². The number of ether oxygens (including phenoxy) is 3. The van der Waals surface area contributed by atoms with Crippen LogP contribution >= 0.6 is 0 Å². The van der Waals surface area contributed by atoms with Crippen molar-refractivity contribution in [3.63, 3.8) is 0 Å². The Labute approximate surface area is 84.1 Å². The minimum absolute atomic E-state index is 0.0212. The van der Waals surface area contributed by atoms with Crippen LogP contribution < -0.4 is 0 Å². The lowest BCUT2D eigenvalue weighted by molar-refractivity contribution is -0.213. The first-order chi connectivity index (χ1) is 6.57. The summed E-state index contributed by atoms with van der Waals surface area (Å²) in [4.78, 5) is 0. The summed E-state index contributed by atoms with van der Waals surface area (Å²) >= 11 is 0. The van der Waals surface area contributed by atoms with Gasteiger partial charge in [0, 0.05) is 5.92 Å². The molecule has 1 N–H and O–H groups in total. The Hall–Kier alpha value is -0.160. The first-order valence-electron chi connectivity index (χ1n) is 5.19. The first kappa shape index (κ1) is 10.4. The van der Waals surface area contributed by atoms with Crippen LogP contribution in [0.3, 0.4) is 0 Å². The second-order valence-corrected chi connectivity index (χ2v) is 4.40. The molecule has 2 saturated heterocycles. The minimum atomic E-state index is -0.552. The third-order valence-electron chi connectivity index (χ3n) is 2.95. The normalized spacial score (nSPS) is 45.4. The molecule has 0 spiro atoms. The van der Waals surface area contributed by atoms with E-state index >= 15 is 0 Å². The standard InChI is InChI=1S/C10H18O4/c1-4-6-7(5-11)12-9-8(6)13-10(2,3)14-9/h6-9,11H,4-5H2,1-3H3/t6-,7-,8-,9-/m1/s1. The fraction of sp³-hybridized carbons (Fsp3) is 1.00. The summed E-state index contributed by atoms with van der Waals surface area (Å²) in [5.74, 6) is -0.310. The highest BCUT2D eigenvalue weighted by atomic mass is 16.8. The van der Waals surface area contributed by atoms with Crippen molar-refractivity contribution in [1.82, 2.24) is 0 Å². The topological polar surface area (TPSA) is 47.9 Å². The van der Waals surface area contributed by atoms with E-state index in [9.17, 15) is 0 Å². The predicted molar refractivity (Wildman–Crippen MR) is 49.6 cm³/mol. The molecule has 0 bridgehead atoms. The molecule has 0 unspecified atom stereocenters. The van der Waals surface area contributed by atoms with E-state index in [0.29, 0.717) is 0 Å². The first-order valence-corrected chi connectivity index (χ1v) is 5.19. The van der Waals surface area contributed by atoms with Gasteiger partial charge in [-0.2, -0.15) is 0 Å². The van der Waals surface area contributed by atoms with Gasteiger partial charge in [-0.15, -0.1) is 0 Å². The van der Waals surface area contributed by atoms with E-state index in [1.165, 1.54) is 0 Å². The molecule has 0 aromatic carbocycles. The predicted octanol–water partition coefficient (Wildman–Crippen LogP) is 0.881. The molecule has 0 radical (unpaired) electrons. The van der Waals surface area contributed by atoms with Crippen molar-refractivity contribution in [2.75, 3.05) is 6.61 Å². The van der Waals surface area contributed by atoms with Gasteiger partial charge in [0.25, 0.3) is 0 Å². The molecule has 4 nitrogen and oxygen atoms in total. The molecule has 2 heterocycles. The third-order valence-corrected chi connectivity index (χ3v) is 2.95. The number of rotatable bonds is 2. The molecule has 0 aromatic rings. The van der Waals surface area contributed by atoms with Gasteiger partial charge in [-0.05, 0) is 20.3 Å². The third kappa shape index (κ3) is 1.56. The summed E-state index contributed by atoms with van der Waals surface area (Å²) in [6.07, 6.45) is 0.483. The zero-order valence-corrected chi connectivity index (χ0v) is 8.90. The second-order valence-electron chi connectivity index (χ2n) is 4.40. The van der Waals surface area contributed by atoms with Crippen LogP contribution in [-0.4, -0.2) is 36.0 Å². The van der Waals surface area contributed by atoms with E-state index in [2.05, 4.69) is 6.92 Å². The van der Waals surface area contributed by atoms with Crippen molar-refractivity contribution in [3.8, 4) is 0 Å². The van der Waals surface area contributed by atoms with Crippen LogP contribution in [0.2, 0.25) is 0 Å². The maximum absolute atomic E-state index is 9.12. The SMILES string of the molecule is CC[C@H]1[C@H]2OC(C)(C)O[C@H]2O[C@@H]1CO. The van der Waals surface area contributed by atoms with Gasteiger partial charge in [0.1, 0.15) is 6.10 Å². The van der Waals surface area contributed by atoms with Crippen molar-refractivity contribution >= 4 is 0 Å². The van der Waals surface area contributed by atoms with Gasteiger partial charge in [-0.1, -0.05) is 6.92 Å². The lowest BCUT2D eigenvalue weighted by Gasteiger charge is -2.23. The summed E-state index contributed by atoms with van der Waals surface area (Å²) in [6.45, 7) is 5.89. The molecule has 2 aliphatic heterocycles. The number of aliphatic hydroxyl groups excluding tert-OH is 1. The van der Waals surface area contributed by atoms with E-state index in [4.69, 9.17) is 19.3 Å². The molecule has 0 aromatic heterocycles.